The van der Waals surface area contributed by atoms with E-state index < -0.39 is 30.2 Å². The number of cyclic esters (lactones) is 1. The minimum absolute atomic E-state index is 0.00194. The molecule has 242 valence electrons. The maximum Gasteiger partial charge on any atom is 0.438 e. The number of halogens is 7. The predicted molar refractivity (Wildman–Crippen MR) is 161 cm³/mol. The lowest BCUT2D eigenvalue weighted by molar-refractivity contribution is -0.368. The molecule has 1 fully saturated rings. The van der Waals surface area contributed by atoms with E-state index in [0.29, 0.717) is 24.2 Å². The van der Waals surface area contributed by atoms with Gasteiger partial charge < -0.3 is 18.9 Å². The molecule has 0 saturated carbocycles. The average molecular weight is 741 g/mol. The lowest BCUT2D eigenvalue weighted by atomic mass is 9.69. The molecular weight excluding hydrogens is 705 g/mol. The lowest BCUT2D eigenvalue weighted by Crippen LogP contribution is -2.58. The molecule has 0 radical (unpaired) electrons. The SMILES string of the molecule is CCC(c1ccc(C#CC(OCOC)(C(F)(F)F)C(F)(F)F)c(C)c1)(c1ccc(OCC2CCCC(=O)O2)c(C)c1)C(C)I. The third kappa shape index (κ3) is 7.48. The second-order valence-corrected chi connectivity index (χ2v) is 12.6. The van der Waals surface area contributed by atoms with Crippen LogP contribution in [-0.4, -0.2) is 54.5 Å². The van der Waals surface area contributed by atoms with Gasteiger partial charge in [0.05, 0.1) is 0 Å². The summed E-state index contributed by atoms with van der Waals surface area (Å²) >= 11 is 2.32. The number of ether oxygens (including phenoxy) is 4. The van der Waals surface area contributed by atoms with Crippen molar-refractivity contribution in [3.8, 4) is 17.6 Å². The standard InChI is InChI=1S/C32H35F6IO5/c1-6-29(22(4)39,25-12-13-27(21(3)17-25)42-18-26-8-7-9-28(40)44-26)24-11-10-23(20(2)16-24)14-15-30(31(33,34)35,32(36,37)38)43-19-41-5/h10-13,16-17,22,26H,6-9,18-19H2,1-5H3. The number of benzene rings is 2. The molecule has 2 aromatic carbocycles. The number of rotatable bonds is 10. The van der Waals surface area contributed by atoms with Gasteiger partial charge in [-0.25, -0.2) is 0 Å². The molecule has 1 aliphatic rings. The van der Waals surface area contributed by atoms with Crippen LogP contribution in [0, 0.1) is 25.7 Å². The van der Waals surface area contributed by atoms with Gasteiger partial charge in [-0.15, -0.1) is 0 Å². The molecule has 44 heavy (non-hydrogen) atoms. The van der Waals surface area contributed by atoms with E-state index in [1.54, 1.807) is 19.1 Å². The average Bonchev–Trinajstić information content (AvgIpc) is 2.92. The van der Waals surface area contributed by atoms with Crippen molar-refractivity contribution in [2.75, 3.05) is 20.5 Å². The summed E-state index contributed by atoms with van der Waals surface area (Å²) in [6.45, 7) is 6.55. The highest BCUT2D eigenvalue weighted by Crippen LogP contribution is 2.46. The summed E-state index contributed by atoms with van der Waals surface area (Å²) in [6.07, 6.45) is -9.48. The van der Waals surface area contributed by atoms with E-state index in [-0.39, 0.29) is 28.2 Å². The molecule has 1 heterocycles. The summed E-state index contributed by atoms with van der Waals surface area (Å²) < 4.78 is 102. The van der Waals surface area contributed by atoms with Gasteiger partial charge in [0.1, 0.15) is 25.3 Å². The monoisotopic (exact) mass is 740 g/mol. The Balaban J connectivity index is 1.99. The van der Waals surface area contributed by atoms with Gasteiger partial charge in [-0.05, 0) is 73.4 Å². The van der Waals surface area contributed by atoms with Crippen molar-refractivity contribution in [1.29, 1.82) is 0 Å². The van der Waals surface area contributed by atoms with E-state index >= 15 is 0 Å². The van der Waals surface area contributed by atoms with Crippen LogP contribution in [0.5, 0.6) is 5.75 Å². The summed E-state index contributed by atoms with van der Waals surface area (Å²) in [6, 6.07) is 10.7. The predicted octanol–water partition coefficient (Wildman–Crippen LogP) is 8.13. The van der Waals surface area contributed by atoms with Crippen LogP contribution in [0.2, 0.25) is 0 Å². The van der Waals surface area contributed by atoms with Gasteiger partial charge in [0.2, 0.25) is 0 Å². The Bertz CT molecular complexity index is 1360. The van der Waals surface area contributed by atoms with Crippen molar-refractivity contribution >= 4 is 28.6 Å². The molecular formula is C32H35F6IO5. The molecule has 0 bridgehead atoms. The van der Waals surface area contributed by atoms with Crippen molar-refractivity contribution in [2.45, 2.75) is 86.8 Å². The normalized spacial score (nSPS) is 18.1. The topological polar surface area (TPSA) is 54.0 Å². The van der Waals surface area contributed by atoms with E-state index in [4.69, 9.17) is 9.47 Å². The van der Waals surface area contributed by atoms with Gasteiger partial charge in [0.25, 0.3) is 0 Å². The zero-order chi connectivity index (χ0) is 32.9. The molecule has 0 aromatic heterocycles. The first kappa shape index (κ1) is 36.0. The maximum atomic E-state index is 13.7. The quantitative estimate of drug-likeness (QED) is 0.0616. The van der Waals surface area contributed by atoms with Gasteiger partial charge >= 0.3 is 23.9 Å². The summed E-state index contributed by atoms with van der Waals surface area (Å²) in [5.74, 6) is 3.84. The summed E-state index contributed by atoms with van der Waals surface area (Å²) in [5.41, 5.74) is -2.19. The molecule has 0 amide bonds. The number of esters is 1. The van der Waals surface area contributed by atoms with Crippen LogP contribution in [0.15, 0.2) is 36.4 Å². The molecule has 3 atom stereocenters. The second kappa shape index (κ2) is 14.3. The van der Waals surface area contributed by atoms with Crippen LogP contribution in [0.3, 0.4) is 0 Å². The fourth-order valence-electron chi connectivity index (χ4n) is 5.37. The zero-order valence-corrected chi connectivity index (χ0v) is 27.2. The van der Waals surface area contributed by atoms with Crippen molar-refractivity contribution < 1.29 is 50.1 Å². The Morgan fingerprint density at radius 3 is 2.14 bits per heavy atom. The molecule has 5 nitrogen and oxygen atoms in total. The Hall–Kier alpha value is -2.50. The first-order chi connectivity index (χ1) is 20.5. The molecule has 3 rings (SSSR count). The van der Waals surface area contributed by atoms with Crippen LogP contribution < -0.4 is 4.74 Å². The first-order valence-electron chi connectivity index (χ1n) is 14.0. The number of methoxy groups -OCH3 is 1. The molecule has 2 aromatic rings. The maximum absolute atomic E-state index is 13.7. The smallest absolute Gasteiger partial charge is 0.438 e. The summed E-state index contributed by atoms with van der Waals surface area (Å²) in [7, 11) is 0.916. The van der Waals surface area contributed by atoms with E-state index in [1.807, 2.05) is 39.0 Å². The third-order valence-electron chi connectivity index (χ3n) is 7.86. The zero-order valence-electron chi connectivity index (χ0n) is 25.0. The van der Waals surface area contributed by atoms with Gasteiger partial charge in [0.15, 0.2) is 0 Å². The van der Waals surface area contributed by atoms with Crippen molar-refractivity contribution in [3.63, 3.8) is 0 Å². The van der Waals surface area contributed by atoms with Crippen LogP contribution in [-0.2, 0) is 24.4 Å². The van der Waals surface area contributed by atoms with Crippen LogP contribution in [0.1, 0.15) is 67.3 Å². The lowest BCUT2D eigenvalue weighted by Gasteiger charge is -2.38. The largest absolute Gasteiger partial charge is 0.489 e. The molecule has 3 unspecified atom stereocenters. The summed E-state index contributed by atoms with van der Waals surface area (Å²) in [4.78, 5) is 11.6. The van der Waals surface area contributed by atoms with Gasteiger partial charge in [0, 0.05) is 28.4 Å². The Kier molecular flexibility index (Phi) is 11.7. The molecule has 12 heteroatoms. The Labute approximate surface area is 267 Å². The molecule has 1 saturated heterocycles. The van der Waals surface area contributed by atoms with E-state index in [9.17, 15) is 31.1 Å². The number of hydrogen-bond donors (Lipinski definition) is 0. The first-order valence-corrected chi connectivity index (χ1v) is 15.2. The molecule has 1 aliphatic heterocycles. The number of hydrogen-bond acceptors (Lipinski definition) is 5. The van der Waals surface area contributed by atoms with Crippen molar-refractivity contribution in [2.24, 2.45) is 0 Å². The van der Waals surface area contributed by atoms with Gasteiger partial charge in [-0.3, -0.25) is 4.79 Å². The minimum atomic E-state index is -5.87. The fourth-order valence-corrected chi connectivity index (χ4v) is 6.53. The molecule has 0 N–H and O–H groups in total. The number of carbonyl (C=O) groups excluding carboxylic acids is 1. The van der Waals surface area contributed by atoms with Gasteiger partial charge in [-0.2, -0.15) is 26.3 Å². The minimum Gasteiger partial charge on any atom is -0.489 e. The van der Waals surface area contributed by atoms with E-state index in [2.05, 4.69) is 38.0 Å². The summed E-state index contributed by atoms with van der Waals surface area (Å²) in [5, 5.41) is 0. The van der Waals surface area contributed by atoms with Crippen LogP contribution in [0.25, 0.3) is 0 Å². The highest BCUT2D eigenvalue weighted by atomic mass is 127. The van der Waals surface area contributed by atoms with Crippen LogP contribution >= 0.6 is 22.6 Å². The Morgan fingerprint density at radius 2 is 1.64 bits per heavy atom. The number of carbonyl (C=O) groups is 1. The van der Waals surface area contributed by atoms with E-state index in [1.165, 1.54) is 12.0 Å². The molecule has 0 aliphatic carbocycles. The van der Waals surface area contributed by atoms with Crippen molar-refractivity contribution in [1.82, 2.24) is 0 Å². The van der Waals surface area contributed by atoms with Crippen molar-refractivity contribution in [3.05, 3.63) is 64.2 Å². The van der Waals surface area contributed by atoms with Gasteiger partial charge in [-0.1, -0.05) is 66.6 Å². The number of alkyl halides is 7. The number of aryl methyl sites for hydroxylation is 2. The van der Waals surface area contributed by atoms with E-state index in [0.717, 1.165) is 36.6 Å². The van der Waals surface area contributed by atoms with Crippen LogP contribution in [0.4, 0.5) is 26.3 Å². The highest BCUT2D eigenvalue weighted by Gasteiger charge is 2.72. The Morgan fingerprint density at radius 1 is 1.02 bits per heavy atom. The molecule has 0 spiro atoms. The fraction of sp³-hybridized carbons (Fsp3) is 0.531. The highest BCUT2D eigenvalue weighted by molar-refractivity contribution is 14.1. The second-order valence-electron chi connectivity index (χ2n) is 10.7. The third-order valence-corrected chi connectivity index (χ3v) is 8.93.